The zero-order valence-corrected chi connectivity index (χ0v) is 19.3. The lowest BCUT2D eigenvalue weighted by molar-refractivity contribution is 0.0772. The molecular formula is C24H31N3O3S. The zero-order valence-electron chi connectivity index (χ0n) is 18.4. The molecule has 0 saturated carbocycles. The number of rotatable bonds is 10. The monoisotopic (exact) mass is 441 g/mol. The first-order chi connectivity index (χ1) is 15.0. The van der Waals surface area contributed by atoms with E-state index >= 15 is 0 Å². The van der Waals surface area contributed by atoms with Crippen LogP contribution in [0.25, 0.3) is 0 Å². The van der Waals surface area contributed by atoms with Gasteiger partial charge in [-0.3, -0.25) is 14.9 Å². The normalized spacial score (nSPS) is 10.3. The Morgan fingerprint density at radius 1 is 0.968 bits per heavy atom. The van der Waals surface area contributed by atoms with Crippen molar-refractivity contribution < 1.29 is 14.3 Å². The van der Waals surface area contributed by atoms with Gasteiger partial charge in [-0.25, -0.2) is 0 Å². The maximum atomic E-state index is 12.7. The van der Waals surface area contributed by atoms with Crippen LogP contribution in [0.3, 0.4) is 0 Å². The Labute approximate surface area is 190 Å². The number of amides is 2. The van der Waals surface area contributed by atoms with E-state index in [1.807, 2.05) is 19.9 Å². The van der Waals surface area contributed by atoms with Gasteiger partial charge in [-0.1, -0.05) is 31.9 Å². The molecule has 2 N–H and O–H groups in total. The van der Waals surface area contributed by atoms with Crippen LogP contribution in [0.15, 0.2) is 48.5 Å². The number of carbonyl (C=O) groups is 2. The molecule has 0 aliphatic heterocycles. The van der Waals surface area contributed by atoms with Crippen LogP contribution >= 0.6 is 12.2 Å². The highest BCUT2D eigenvalue weighted by Gasteiger charge is 2.15. The summed E-state index contributed by atoms with van der Waals surface area (Å²) in [5.74, 6) is 0.193. The molecule has 2 aromatic carbocycles. The minimum Gasteiger partial charge on any atom is -0.493 e. The van der Waals surface area contributed by atoms with Crippen molar-refractivity contribution in [3.8, 4) is 5.75 Å². The predicted octanol–water partition coefficient (Wildman–Crippen LogP) is 4.86. The summed E-state index contributed by atoms with van der Waals surface area (Å²) in [6, 6.07) is 14.1. The Balaban J connectivity index is 1.95. The number of thiocarbonyl (C=S) groups is 1. The van der Waals surface area contributed by atoms with Gasteiger partial charge in [0.25, 0.3) is 11.8 Å². The smallest absolute Gasteiger partial charge is 0.261 e. The average Bonchev–Trinajstić information content (AvgIpc) is 2.78. The molecule has 7 heteroatoms. The second-order valence-corrected chi connectivity index (χ2v) is 7.42. The molecule has 0 saturated heterocycles. The van der Waals surface area contributed by atoms with Crippen molar-refractivity contribution in [1.82, 2.24) is 10.2 Å². The van der Waals surface area contributed by atoms with Gasteiger partial charge in [-0.05, 0) is 68.9 Å². The molecule has 0 aliphatic carbocycles. The lowest BCUT2D eigenvalue weighted by Crippen LogP contribution is -2.34. The number of hydrogen-bond acceptors (Lipinski definition) is 4. The third-order valence-electron chi connectivity index (χ3n) is 4.80. The topological polar surface area (TPSA) is 70.7 Å². The maximum Gasteiger partial charge on any atom is 0.261 e. The van der Waals surface area contributed by atoms with Crippen molar-refractivity contribution in [3.05, 3.63) is 59.7 Å². The van der Waals surface area contributed by atoms with E-state index in [9.17, 15) is 9.59 Å². The van der Waals surface area contributed by atoms with Crippen LogP contribution in [-0.2, 0) is 0 Å². The number of anilines is 1. The van der Waals surface area contributed by atoms with Gasteiger partial charge in [0.2, 0.25) is 0 Å². The SMILES string of the molecule is CCCCCOc1ccccc1C(=O)NC(=S)Nc1ccc(C(=O)N(CC)CC)cc1. The van der Waals surface area contributed by atoms with Crippen molar-refractivity contribution >= 4 is 34.8 Å². The molecule has 0 radical (unpaired) electrons. The van der Waals surface area contributed by atoms with E-state index < -0.39 is 0 Å². The molecular weight excluding hydrogens is 410 g/mol. The van der Waals surface area contributed by atoms with Crippen molar-refractivity contribution in [3.63, 3.8) is 0 Å². The van der Waals surface area contributed by atoms with Crippen molar-refractivity contribution in [2.75, 3.05) is 25.0 Å². The summed E-state index contributed by atoms with van der Waals surface area (Å²) in [6.07, 6.45) is 3.14. The summed E-state index contributed by atoms with van der Waals surface area (Å²) in [5.41, 5.74) is 1.73. The molecule has 0 aliphatic rings. The number of hydrogen-bond donors (Lipinski definition) is 2. The number of ether oxygens (including phenoxy) is 1. The van der Waals surface area contributed by atoms with Crippen LogP contribution in [0.1, 0.15) is 60.7 Å². The third-order valence-corrected chi connectivity index (χ3v) is 5.01. The Morgan fingerprint density at radius 2 is 1.65 bits per heavy atom. The fourth-order valence-electron chi connectivity index (χ4n) is 3.04. The number of nitrogens with zero attached hydrogens (tertiary/aromatic N) is 1. The van der Waals surface area contributed by atoms with Crippen LogP contribution in [0.4, 0.5) is 5.69 Å². The number of benzene rings is 2. The summed E-state index contributed by atoms with van der Waals surface area (Å²) >= 11 is 5.28. The van der Waals surface area contributed by atoms with E-state index in [1.54, 1.807) is 47.4 Å². The molecule has 0 unspecified atom stereocenters. The average molecular weight is 442 g/mol. The van der Waals surface area contributed by atoms with E-state index in [-0.39, 0.29) is 16.9 Å². The van der Waals surface area contributed by atoms with E-state index in [4.69, 9.17) is 17.0 Å². The number of nitrogens with one attached hydrogen (secondary N) is 2. The minimum atomic E-state index is -0.336. The highest BCUT2D eigenvalue weighted by atomic mass is 32.1. The standard InChI is InChI=1S/C24H31N3O3S/c1-4-7-10-17-30-21-12-9-8-11-20(21)22(28)26-24(31)25-19-15-13-18(14-16-19)23(29)27(5-2)6-3/h8-9,11-16H,4-7,10,17H2,1-3H3,(H2,25,26,28,31). The quantitative estimate of drug-likeness (QED) is 0.407. The molecule has 6 nitrogen and oxygen atoms in total. The van der Waals surface area contributed by atoms with E-state index in [0.717, 1.165) is 19.3 Å². The lowest BCUT2D eigenvalue weighted by atomic mass is 10.1. The van der Waals surface area contributed by atoms with Gasteiger partial charge >= 0.3 is 0 Å². The molecule has 166 valence electrons. The number of para-hydroxylation sites is 1. The molecule has 2 aromatic rings. The van der Waals surface area contributed by atoms with Gasteiger partial charge in [-0.2, -0.15) is 0 Å². The van der Waals surface area contributed by atoms with E-state index in [1.165, 1.54) is 0 Å². The first-order valence-corrected chi connectivity index (χ1v) is 11.1. The summed E-state index contributed by atoms with van der Waals surface area (Å²) in [7, 11) is 0. The molecule has 2 rings (SSSR count). The zero-order chi connectivity index (χ0) is 22.6. The molecule has 0 spiro atoms. The summed E-state index contributed by atoms with van der Waals surface area (Å²) in [4.78, 5) is 26.8. The largest absolute Gasteiger partial charge is 0.493 e. The van der Waals surface area contributed by atoms with Crippen LogP contribution in [0.5, 0.6) is 5.75 Å². The van der Waals surface area contributed by atoms with Crippen LogP contribution in [0, 0.1) is 0 Å². The second-order valence-electron chi connectivity index (χ2n) is 7.01. The second kappa shape index (κ2) is 12.7. The van der Waals surface area contributed by atoms with Gasteiger partial charge in [0.15, 0.2) is 5.11 Å². The Hall–Kier alpha value is -2.93. The third kappa shape index (κ3) is 7.36. The number of unbranched alkanes of at least 4 members (excludes halogenated alkanes) is 2. The van der Waals surface area contributed by atoms with Crippen molar-refractivity contribution in [2.24, 2.45) is 0 Å². The molecule has 0 atom stereocenters. The van der Waals surface area contributed by atoms with Gasteiger partial charge in [-0.15, -0.1) is 0 Å². The van der Waals surface area contributed by atoms with Gasteiger partial charge in [0.05, 0.1) is 12.2 Å². The minimum absolute atomic E-state index is 0.0111. The summed E-state index contributed by atoms with van der Waals surface area (Å²) < 4.78 is 5.77. The molecule has 0 bridgehead atoms. The lowest BCUT2D eigenvalue weighted by Gasteiger charge is -2.18. The molecule has 2 amide bonds. The van der Waals surface area contributed by atoms with Crippen LogP contribution < -0.4 is 15.4 Å². The van der Waals surface area contributed by atoms with Gasteiger partial charge in [0.1, 0.15) is 5.75 Å². The van der Waals surface area contributed by atoms with Crippen LogP contribution in [-0.4, -0.2) is 41.5 Å². The maximum absolute atomic E-state index is 12.7. The van der Waals surface area contributed by atoms with E-state index in [2.05, 4.69) is 17.6 Å². The summed E-state index contributed by atoms with van der Waals surface area (Å²) in [6.45, 7) is 7.93. The van der Waals surface area contributed by atoms with Crippen molar-refractivity contribution in [2.45, 2.75) is 40.0 Å². The molecule has 0 fully saturated rings. The van der Waals surface area contributed by atoms with Crippen LogP contribution in [0.2, 0.25) is 0 Å². The Bertz CT molecular complexity index is 880. The molecule has 0 aromatic heterocycles. The Kier molecular flexibility index (Phi) is 9.97. The highest BCUT2D eigenvalue weighted by Crippen LogP contribution is 2.18. The van der Waals surface area contributed by atoms with Gasteiger partial charge < -0.3 is 15.0 Å². The fourth-order valence-corrected chi connectivity index (χ4v) is 3.25. The van der Waals surface area contributed by atoms with Gasteiger partial charge in [0, 0.05) is 24.3 Å². The summed E-state index contributed by atoms with van der Waals surface area (Å²) in [5, 5.41) is 5.84. The molecule has 0 heterocycles. The predicted molar refractivity (Wildman–Crippen MR) is 129 cm³/mol. The highest BCUT2D eigenvalue weighted by molar-refractivity contribution is 7.80. The first-order valence-electron chi connectivity index (χ1n) is 10.7. The van der Waals surface area contributed by atoms with Crippen molar-refractivity contribution in [1.29, 1.82) is 0 Å². The number of carbonyl (C=O) groups excluding carboxylic acids is 2. The van der Waals surface area contributed by atoms with E-state index in [0.29, 0.717) is 42.3 Å². The Morgan fingerprint density at radius 3 is 2.29 bits per heavy atom. The first kappa shape index (κ1) is 24.3. The fraction of sp³-hybridized carbons (Fsp3) is 0.375. The molecule has 31 heavy (non-hydrogen) atoms.